The fourth-order valence-electron chi connectivity index (χ4n) is 5.45. The molecular weight excluding hydrogens is 447 g/mol. The van der Waals surface area contributed by atoms with Gasteiger partial charge in [-0.25, -0.2) is 0 Å². The van der Waals surface area contributed by atoms with Crippen molar-refractivity contribution in [2.75, 3.05) is 31.4 Å². The van der Waals surface area contributed by atoms with Crippen molar-refractivity contribution in [2.45, 2.75) is 149 Å². The molecule has 0 fully saturated rings. The molecule has 32 heavy (non-hydrogen) atoms. The Kier molecular flexibility index (Phi) is 19.7. The Morgan fingerprint density at radius 2 is 0.812 bits per heavy atom. The van der Waals surface area contributed by atoms with E-state index >= 15 is 0 Å². The number of rotatable bonds is 24. The van der Waals surface area contributed by atoms with Gasteiger partial charge in [0.25, 0.3) is 0 Å². The SMILES string of the molecule is CCCCCCCCP(Cl)(CCCCCCCC)(CCCCCCCC)C[Si](C)(C)OC. The Labute approximate surface area is 210 Å². The molecular formula is C28H62ClOPSi. The van der Waals surface area contributed by atoms with Gasteiger partial charge in [-0.1, -0.05) is 0 Å². The first kappa shape index (κ1) is 32.9. The van der Waals surface area contributed by atoms with Gasteiger partial charge in [-0.3, -0.25) is 0 Å². The second kappa shape index (κ2) is 19.1. The van der Waals surface area contributed by atoms with E-state index in [4.69, 9.17) is 15.7 Å². The van der Waals surface area contributed by atoms with Gasteiger partial charge in [0.15, 0.2) is 0 Å². The minimum atomic E-state index is -2.25. The zero-order chi connectivity index (χ0) is 24.2. The summed E-state index contributed by atoms with van der Waals surface area (Å²) in [5.74, 6) is -1.00. The molecule has 0 aliphatic heterocycles. The van der Waals surface area contributed by atoms with Crippen molar-refractivity contribution in [3.63, 3.8) is 0 Å². The first-order valence-electron chi connectivity index (χ1n) is 14.5. The molecule has 4 heteroatoms. The summed E-state index contributed by atoms with van der Waals surface area (Å²) in [6.45, 7) is 11.8. The molecule has 0 N–H and O–H groups in total. The van der Waals surface area contributed by atoms with E-state index in [-0.39, 0.29) is 0 Å². The van der Waals surface area contributed by atoms with Gasteiger partial charge in [-0.2, -0.15) is 0 Å². The van der Waals surface area contributed by atoms with Crippen molar-refractivity contribution in [3.8, 4) is 0 Å². The topological polar surface area (TPSA) is 9.23 Å². The predicted molar refractivity (Wildman–Crippen MR) is 157 cm³/mol. The monoisotopic (exact) mass is 508 g/mol. The molecule has 0 aromatic rings. The first-order chi connectivity index (χ1) is 15.2. The van der Waals surface area contributed by atoms with Crippen LogP contribution in [0.1, 0.15) is 136 Å². The van der Waals surface area contributed by atoms with Crippen LogP contribution in [0.4, 0.5) is 0 Å². The van der Waals surface area contributed by atoms with Crippen LogP contribution in [-0.4, -0.2) is 39.7 Å². The van der Waals surface area contributed by atoms with Crippen LogP contribution in [0, 0.1) is 0 Å². The van der Waals surface area contributed by atoms with E-state index < -0.39 is 14.3 Å². The molecule has 0 saturated heterocycles. The summed E-state index contributed by atoms with van der Waals surface area (Å²) in [7, 11) is 0.246. The molecule has 0 bridgehead atoms. The maximum absolute atomic E-state index is 8.07. The van der Waals surface area contributed by atoms with Crippen LogP contribution in [0.2, 0.25) is 13.1 Å². The molecule has 0 aromatic heterocycles. The van der Waals surface area contributed by atoms with Crippen LogP contribution in [0.25, 0.3) is 0 Å². The van der Waals surface area contributed by atoms with Crippen LogP contribution in [0.15, 0.2) is 0 Å². The second-order valence-electron chi connectivity index (χ2n) is 11.4. The van der Waals surface area contributed by atoms with Gasteiger partial charge in [0.2, 0.25) is 0 Å². The third-order valence-electron chi connectivity index (χ3n) is 7.54. The summed E-state index contributed by atoms with van der Waals surface area (Å²) in [6, 6.07) is 0. The standard InChI is InChI=1S/C28H62ClOPSi/c1-7-10-13-16-19-22-25-31(29,28-32(5,6)30-4,26-23-20-17-14-11-8-2)27-24-21-18-15-12-9-3/h7-28H2,1-6H3. The van der Waals surface area contributed by atoms with Crippen LogP contribution < -0.4 is 0 Å². The average Bonchev–Trinajstić information content (AvgIpc) is 2.75. The van der Waals surface area contributed by atoms with Gasteiger partial charge in [-0.05, 0) is 0 Å². The summed E-state index contributed by atoms with van der Waals surface area (Å²) in [5, 5.41) is 0. The van der Waals surface area contributed by atoms with Crippen molar-refractivity contribution in [3.05, 3.63) is 0 Å². The second-order valence-corrected chi connectivity index (χ2v) is 24.5. The van der Waals surface area contributed by atoms with Gasteiger partial charge in [-0.15, -0.1) is 0 Å². The van der Waals surface area contributed by atoms with E-state index in [2.05, 4.69) is 33.9 Å². The molecule has 196 valence electrons. The molecule has 0 spiro atoms. The Morgan fingerprint density at radius 1 is 0.531 bits per heavy atom. The number of unbranched alkanes of at least 4 members (excludes halogenated alkanes) is 15. The molecule has 0 amide bonds. The van der Waals surface area contributed by atoms with Crippen molar-refractivity contribution >= 4 is 25.5 Å². The molecule has 0 radical (unpaired) electrons. The van der Waals surface area contributed by atoms with Gasteiger partial charge in [0.05, 0.1) is 0 Å². The summed E-state index contributed by atoms with van der Waals surface area (Å²) < 4.78 is 6.12. The molecule has 0 aliphatic rings. The quantitative estimate of drug-likeness (QED) is 0.0715. The van der Waals surface area contributed by atoms with Crippen molar-refractivity contribution in [1.82, 2.24) is 0 Å². The van der Waals surface area contributed by atoms with Gasteiger partial charge >= 0.3 is 211 Å². The summed E-state index contributed by atoms with van der Waals surface area (Å²) >= 11 is 8.07. The zero-order valence-corrected chi connectivity index (χ0v) is 25.9. The Bertz CT molecular complexity index is 386. The third kappa shape index (κ3) is 16.5. The molecule has 0 aromatic carbocycles. The predicted octanol–water partition coefficient (Wildman–Crippen LogP) is 11.2. The molecule has 0 aliphatic carbocycles. The number of hydrogen-bond acceptors (Lipinski definition) is 1. The summed E-state index contributed by atoms with van der Waals surface area (Å²) in [6.07, 6.45) is 28.8. The third-order valence-corrected chi connectivity index (χ3v) is 21.8. The van der Waals surface area contributed by atoms with E-state index in [1.54, 1.807) is 0 Å². The first-order valence-corrected chi connectivity index (χ1v) is 21.5. The molecule has 0 saturated carbocycles. The molecule has 0 rings (SSSR count). The Morgan fingerprint density at radius 3 is 1.09 bits per heavy atom. The number of hydrogen-bond donors (Lipinski definition) is 0. The van der Waals surface area contributed by atoms with Crippen LogP contribution in [0.3, 0.4) is 0 Å². The van der Waals surface area contributed by atoms with E-state index in [9.17, 15) is 0 Å². The minimum absolute atomic E-state index is 1.25. The fourth-order valence-corrected chi connectivity index (χ4v) is 22.9. The van der Waals surface area contributed by atoms with Gasteiger partial charge < -0.3 is 0 Å². The van der Waals surface area contributed by atoms with Crippen LogP contribution in [-0.2, 0) is 4.43 Å². The van der Waals surface area contributed by atoms with Gasteiger partial charge in [0, 0.05) is 0 Å². The Hall–Kier alpha value is 0.897. The van der Waals surface area contributed by atoms with Crippen LogP contribution >= 0.6 is 17.2 Å². The zero-order valence-electron chi connectivity index (χ0n) is 23.3. The van der Waals surface area contributed by atoms with E-state index in [1.807, 2.05) is 7.11 Å². The fraction of sp³-hybridized carbons (Fsp3) is 1.00. The average molecular weight is 509 g/mol. The van der Waals surface area contributed by atoms with Gasteiger partial charge in [0.1, 0.15) is 0 Å². The van der Waals surface area contributed by atoms with E-state index in [0.29, 0.717) is 0 Å². The molecule has 1 nitrogen and oxygen atoms in total. The van der Waals surface area contributed by atoms with Crippen molar-refractivity contribution in [1.29, 1.82) is 0 Å². The van der Waals surface area contributed by atoms with E-state index in [1.165, 1.54) is 140 Å². The summed E-state index contributed by atoms with van der Waals surface area (Å²) in [4.78, 5) is 0. The maximum atomic E-state index is 8.07. The molecule has 0 unspecified atom stereocenters. The molecule has 0 heterocycles. The van der Waals surface area contributed by atoms with E-state index in [0.717, 1.165) is 0 Å². The molecule has 0 atom stereocenters. The van der Waals surface area contributed by atoms with Crippen molar-refractivity contribution in [2.24, 2.45) is 0 Å². The van der Waals surface area contributed by atoms with Crippen molar-refractivity contribution < 1.29 is 4.43 Å². The normalized spacial score (nSPS) is 13.9. The van der Waals surface area contributed by atoms with Crippen LogP contribution in [0.5, 0.6) is 0 Å². The Balaban J connectivity index is 5.17. The summed E-state index contributed by atoms with van der Waals surface area (Å²) in [5.41, 5.74) is 0. The number of halogens is 1.